The first kappa shape index (κ1) is 18.7. The zero-order chi connectivity index (χ0) is 18.2. The Balaban J connectivity index is 2.69. The highest BCUT2D eigenvalue weighted by atomic mass is 16.6. The van der Waals surface area contributed by atoms with Crippen LogP contribution in [0.15, 0.2) is 24.3 Å². The van der Waals surface area contributed by atoms with E-state index < -0.39 is 6.09 Å². The van der Waals surface area contributed by atoms with Crippen molar-refractivity contribution in [2.24, 2.45) is 0 Å². The molecule has 0 aromatic heterocycles. The van der Waals surface area contributed by atoms with Crippen LogP contribution in [0.3, 0.4) is 0 Å². The van der Waals surface area contributed by atoms with Gasteiger partial charge in [0.25, 0.3) is 0 Å². The SMILES string of the molecule is CCCOc1cc(OCCC)c2c(OC)cccc2c1OC(=O)NC. The summed E-state index contributed by atoms with van der Waals surface area (Å²) < 4.78 is 22.7. The van der Waals surface area contributed by atoms with E-state index >= 15 is 0 Å². The summed E-state index contributed by atoms with van der Waals surface area (Å²) in [6, 6.07) is 7.30. The molecule has 25 heavy (non-hydrogen) atoms. The van der Waals surface area contributed by atoms with Gasteiger partial charge in [0.05, 0.1) is 25.7 Å². The number of carbonyl (C=O) groups excluding carboxylic acids is 1. The van der Waals surface area contributed by atoms with Crippen LogP contribution >= 0.6 is 0 Å². The monoisotopic (exact) mass is 347 g/mol. The van der Waals surface area contributed by atoms with E-state index in [0.29, 0.717) is 41.6 Å². The standard InChI is InChI=1S/C19H25NO5/c1-5-10-23-15-12-16(24-11-6-2)18(25-19(21)20-3)13-8-7-9-14(22-4)17(13)15/h7-9,12H,5-6,10-11H2,1-4H3,(H,20,21). The van der Waals surface area contributed by atoms with Crippen LogP contribution in [0.2, 0.25) is 0 Å². The second-order valence-corrected chi connectivity index (χ2v) is 5.42. The van der Waals surface area contributed by atoms with Crippen molar-refractivity contribution in [1.82, 2.24) is 5.32 Å². The molecule has 0 spiro atoms. The van der Waals surface area contributed by atoms with Crippen LogP contribution in [-0.2, 0) is 0 Å². The van der Waals surface area contributed by atoms with Gasteiger partial charge in [0, 0.05) is 18.5 Å². The summed E-state index contributed by atoms with van der Waals surface area (Å²) in [6.45, 7) is 5.12. The highest BCUT2D eigenvalue weighted by Gasteiger charge is 2.20. The zero-order valence-corrected chi connectivity index (χ0v) is 15.2. The van der Waals surface area contributed by atoms with Crippen LogP contribution in [0.4, 0.5) is 4.79 Å². The Kier molecular flexibility index (Phi) is 6.74. The van der Waals surface area contributed by atoms with Gasteiger partial charge in [0.1, 0.15) is 11.5 Å². The molecule has 0 aliphatic carbocycles. The molecule has 1 amide bonds. The Labute approximate surface area is 148 Å². The molecular weight excluding hydrogens is 322 g/mol. The van der Waals surface area contributed by atoms with Crippen molar-refractivity contribution < 1.29 is 23.7 Å². The van der Waals surface area contributed by atoms with Gasteiger partial charge in [-0.05, 0) is 18.9 Å². The van der Waals surface area contributed by atoms with Crippen LogP contribution in [0, 0.1) is 0 Å². The lowest BCUT2D eigenvalue weighted by Crippen LogP contribution is -2.22. The summed E-state index contributed by atoms with van der Waals surface area (Å²) in [5, 5.41) is 3.91. The summed E-state index contributed by atoms with van der Waals surface area (Å²) in [6.07, 6.45) is 1.15. The van der Waals surface area contributed by atoms with Gasteiger partial charge in [0.2, 0.25) is 0 Å². The van der Waals surface area contributed by atoms with Crippen molar-refractivity contribution in [1.29, 1.82) is 0 Å². The molecule has 0 fully saturated rings. The number of nitrogens with one attached hydrogen (secondary N) is 1. The number of methoxy groups -OCH3 is 1. The van der Waals surface area contributed by atoms with Crippen LogP contribution in [0.5, 0.6) is 23.0 Å². The van der Waals surface area contributed by atoms with Crippen molar-refractivity contribution in [3.8, 4) is 23.0 Å². The minimum Gasteiger partial charge on any atom is -0.496 e. The summed E-state index contributed by atoms with van der Waals surface area (Å²) in [5.74, 6) is 2.11. The molecular formula is C19H25NO5. The van der Waals surface area contributed by atoms with Gasteiger partial charge >= 0.3 is 6.09 Å². The molecule has 136 valence electrons. The van der Waals surface area contributed by atoms with Crippen molar-refractivity contribution in [2.75, 3.05) is 27.4 Å². The molecule has 0 atom stereocenters. The number of hydrogen-bond acceptors (Lipinski definition) is 5. The summed E-state index contributed by atoms with van der Waals surface area (Å²) in [5.41, 5.74) is 0. The first-order valence-electron chi connectivity index (χ1n) is 8.45. The number of ether oxygens (including phenoxy) is 4. The van der Waals surface area contributed by atoms with Crippen LogP contribution < -0.4 is 24.3 Å². The maximum absolute atomic E-state index is 11.8. The van der Waals surface area contributed by atoms with Gasteiger partial charge in [-0.25, -0.2) is 4.79 Å². The molecule has 0 unspecified atom stereocenters. The first-order chi connectivity index (χ1) is 12.2. The van der Waals surface area contributed by atoms with Crippen LogP contribution in [-0.4, -0.2) is 33.5 Å². The molecule has 0 radical (unpaired) electrons. The van der Waals surface area contributed by atoms with Gasteiger partial charge in [-0.1, -0.05) is 26.0 Å². The highest BCUT2D eigenvalue weighted by Crippen LogP contribution is 2.45. The molecule has 2 rings (SSSR count). The lowest BCUT2D eigenvalue weighted by Gasteiger charge is -2.18. The fraction of sp³-hybridized carbons (Fsp3) is 0.421. The zero-order valence-electron chi connectivity index (χ0n) is 15.2. The summed E-state index contributed by atoms with van der Waals surface area (Å²) in [4.78, 5) is 11.8. The Bertz CT molecular complexity index is 729. The number of carbonyl (C=O) groups is 1. The predicted molar refractivity (Wildman–Crippen MR) is 97.2 cm³/mol. The van der Waals surface area contributed by atoms with Crippen molar-refractivity contribution in [3.05, 3.63) is 24.3 Å². The minimum atomic E-state index is -0.562. The summed E-state index contributed by atoms with van der Waals surface area (Å²) in [7, 11) is 3.11. The van der Waals surface area contributed by atoms with Crippen molar-refractivity contribution in [3.63, 3.8) is 0 Å². The highest BCUT2D eigenvalue weighted by molar-refractivity contribution is 6.00. The van der Waals surface area contributed by atoms with Gasteiger partial charge < -0.3 is 24.3 Å². The lowest BCUT2D eigenvalue weighted by molar-refractivity contribution is 0.200. The maximum Gasteiger partial charge on any atom is 0.412 e. The number of fused-ring (bicyclic) bond motifs is 1. The van der Waals surface area contributed by atoms with E-state index in [2.05, 4.69) is 5.32 Å². The maximum atomic E-state index is 11.8. The fourth-order valence-electron chi connectivity index (χ4n) is 2.43. The predicted octanol–water partition coefficient (Wildman–Crippen LogP) is 4.14. The largest absolute Gasteiger partial charge is 0.496 e. The molecule has 1 N–H and O–H groups in total. The van der Waals surface area contributed by atoms with Crippen LogP contribution in [0.25, 0.3) is 10.8 Å². The molecule has 0 saturated carbocycles. The molecule has 2 aromatic rings. The van der Waals surface area contributed by atoms with E-state index in [1.54, 1.807) is 13.2 Å². The molecule has 0 bridgehead atoms. The molecule has 2 aromatic carbocycles. The number of hydrogen-bond donors (Lipinski definition) is 1. The number of benzene rings is 2. The van der Waals surface area contributed by atoms with E-state index in [9.17, 15) is 4.79 Å². The van der Waals surface area contributed by atoms with Crippen molar-refractivity contribution in [2.45, 2.75) is 26.7 Å². The molecule has 0 heterocycles. The smallest absolute Gasteiger partial charge is 0.412 e. The number of rotatable bonds is 8. The lowest BCUT2D eigenvalue weighted by atomic mass is 10.1. The normalized spacial score (nSPS) is 10.4. The van der Waals surface area contributed by atoms with Gasteiger partial charge in [0.15, 0.2) is 11.5 Å². The molecule has 0 aliphatic rings. The minimum absolute atomic E-state index is 0.352. The van der Waals surface area contributed by atoms with E-state index in [0.717, 1.165) is 18.2 Å². The van der Waals surface area contributed by atoms with E-state index in [1.165, 1.54) is 7.05 Å². The van der Waals surface area contributed by atoms with Gasteiger partial charge in [-0.3, -0.25) is 0 Å². The topological polar surface area (TPSA) is 66.0 Å². The number of amides is 1. The summed E-state index contributed by atoms with van der Waals surface area (Å²) >= 11 is 0. The molecule has 6 heteroatoms. The van der Waals surface area contributed by atoms with E-state index in [4.69, 9.17) is 18.9 Å². The second kappa shape index (κ2) is 9.01. The van der Waals surface area contributed by atoms with Crippen molar-refractivity contribution >= 4 is 16.9 Å². The Morgan fingerprint density at radius 3 is 2.32 bits per heavy atom. The Hall–Kier alpha value is -2.63. The van der Waals surface area contributed by atoms with E-state index in [-0.39, 0.29) is 0 Å². The Morgan fingerprint density at radius 1 is 1.04 bits per heavy atom. The van der Waals surface area contributed by atoms with Crippen LogP contribution in [0.1, 0.15) is 26.7 Å². The third-order valence-corrected chi connectivity index (χ3v) is 3.55. The molecule has 6 nitrogen and oxygen atoms in total. The third-order valence-electron chi connectivity index (χ3n) is 3.55. The third kappa shape index (κ3) is 4.26. The first-order valence-corrected chi connectivity index (χ1v) is 8.45. The Morgan fingerprint density at radius 2 is 1.72 bits per heavy atom. The average Bonchev–Trinajstić information content (AvgIpc) is 2.65. The van der Waals surface area contributed by atoms with Gasteiger partial charge in [-0.15, -0.1) is 0 Å². The second-order valence-electron chi connectivity index (χ2n) is 5.42. The molecule has 0 saturated heterocycles. The fourth-order valence-corrected chi connectivity index (χ4v) is 2.43. The molecule has 0 aliphatic heterocycles. The average molecular weight is 347 g/mol. The van der Waals surface area contributed by atoms with Gasteiger partial charge in [-0.2, -0.15) is 0 Å². The van der Waals surface area contributed by atoms with E-state index in [1.807, 2.05) is 32.0 Å². The quantitative estimate of drug-likeness (QED) is 0.777.